The van der Waals surface area contributed by atoms with Crippen LogP contribution in [0.25, 0.3) is 0 Å². The second-order valence-electron chi connectivity index (χ2n) is 7.03. The second kappa shape index (κ2) is 6.71. The van der Waals surface area contributed by atoms with Crippen molar-refractivity contribution >= 4 is 33.5 Å². The summed E-state index contributed by atoms with van der Waals surface area (Å²) < 4.78 is 5.93. The average molecular weight is 394 g/mol. The zero-order valence-electron chi connectivity index (χ0n) is 14.7. The number of benzene rings is 1. The topological polar surface area (TPSA) is 55.4 Å². The normalized spacial score (nSPS) is 22.8. The van der Waals surface area contributed by atoms with Gasteiger partial charge in [0.2, 0.25) is 5.91 Å². The van der Waals surface area contributed by atoms with Crippen LogP contribution in [0.3, 0.4) is 0 Å². The number of anilines is 1. The van der Waals surface area contributed by atoms with Crippen molar-refractivity contribution in [3.63, 3.8) is 0 Å². The minimum absolute atomic E-state index is 0.293. The molecule has 0 heterocycles. The lowest BCUT2D eigenvalue weighted by molar-refractivity contribution is -0.157. The van der Waals surface area contributed by atoms with Gasteiger partial charge in [0.25, 0.3) is 0 Å². The first kappa shape index (κ1) is 18.7. The van der Waals surface area contributed by atoms with Crippen molar-refractivity contribution in [3.8, 4) is 0 Å². The van der Waals surface area contributed by atoms with Crippen LogP contribution in [0.5, 0.6) is 0 Å². The van der Waals surface area contributed by atoms with Crippen molar-refractivity contribution in [2.45, 2.75) is 40.0 Å². The molecule has 5 heteroatoms. The third-order valence-corrected chi connectivity index (χ3v) is 5.54. The fourth-order valence-electron chi connectivity index (χ4n) is 3.41. The number of halogens is 1. The number of methoxy groups -OCH3 is 1. The Hall–Kier alpha value is -1.62. The highest BCUT2D eigenvalue weighted by molar-refractivity contribution is 9.10. The summed E-state index contributed by atoms with van der Waals surface area (Å²) in [6.45, 7) is 10.1. The molecule has 1 aliphatic rings. The zero-order valence-corrected chi connectivity index (χ0v) is 16.2. The summed E-state index contributed by atoms with van der Waals surface area (Å²) in [5, 5.41) is 2.91. The van der Waals surface area contributed by atoms with Crippen molar-refractivity contribution in [1.29, 1.82) is 0 Å². The Kier molecular flexibility index (Phi) is 5.23. The van der Waals surface area contributed by atoms with Gasteiger partial charge in [-0.05, 0) is 54.5 Å². The number of nitrogens with one attached hydrogen (secondary N) is 1. The van der Waals surface area contributed by atoms with E-state index in [0.717, 1.165) is 22.9 Å². The van der Waals surface area contributed by atoms with E-state index in [9.17, 15) is 9.59 Å². The van der Waals surface area contributed by atoms with Gasteiger partial charge in [-0.1, -0.05) is 42.8 Å². The van der Waals surface area contributed by atoms with E-state index in [2.05, 4.69) is 27.8 Å². The highest BCUT2D eigenvalue weighted by Gasteiger charge is 2.55. The maximum Gasteiger partial charge on any atom is 0.325 e. The Bertz CT molecular complexity index is 696. The van der Waals surface area contributed by atoms with Gasteiger partial charge in [-0.25, -0.2) is 0 Å². The van der Waals surface area contributed by atoms with Gasteiger partial charge >= 0.3 is 5.97 Å². The third kappa shape index (κ3) is 3.14. The fourth-order valence-corrected chi connectivity index (χ4v) is 3.89. The van der Waals surface area contributed by atoms with Crippen LogP contribution in [0, 0.1) is 17.8 Å². The number of hydrogen-bond donors (Lipinski definition) is 1. The lowest BCUT2D eigenvalue weighted by Crippen LogP contribution is -2.50. The van der Waals surface area contributed by atoms with Crippen molar-refractivity contribution < 1.29 is 14.3 Å². The molecule has 2 rings (SSSR count). The summed E-state index contributed by atoms with van der Waals surface area (Å²) in [6, 6.07) is 5.59. The number of rotatable bonds is 3. The second-order valence-corrected chi connectivity index (χ2v) is 7.94. The molecule has 1 aromatic carbocycles. The highest BCUT2D eigenvalue weighted by Crippen LogP contribution is 2.51. The van der Waals surface area contributed by atoms with E-state index in [1.807, 2.05) is 39.0 Å². The minimum Gasteiger partial charge on any atom is -0.468 e. The monoisotopic (exact) mass is 393 g/mol. The van der Waals surface area contributed by atoms with Gasteiger partial charge in [0.15, 0.2) is 5.41 Å². The first-order valence-corrected chi connectivity index (χ1v) is 8.80. The van der Waals surface area contributed by atoms with Crippen LogP contribution in [0.4, 0.5) is 5.69 Å². The Labute approximate surface area is 151 Å². The Balaban J connectivity index is 2.43. The van der Waals surface area contributed by atoms with E-state index in [4.69, 9.17) is 4.74 Å². The summed E-state index contributed by atoms with van der Waals surface area (Å²) in [5.41, 5.74) is 0.593. The Morgan fingerprint density at radius 2 is 1.96 bits per heavy atom. The molecule has 0 radical (unpaired) electrons. The van der Waals surface area contributed by atoms with Crippen LogP contribution in [0.2, 0.25) is 0 Å². The van der Waals surface area contributed by atoms with Crippen molar-refractivity contribution in [2.75, 3.05) is 12.4 Å². The smallest absolute Gasteiger partial charge is 0.325 e. The first-order chi connectivity index (χ1) is 11.1. The first-order valence-electron chi connectivity index (χ1n) is 8.01. The van der Waals surface area contributed by atoms with Crippen molar-refractivity contribution in [1.82, 2.24) is 0 Å². The van der Waals surface area contributed by atoms with E-state index < -0.39 is 11.4 Å². The van der Waals surface area contributed by atoms with E-state index in [0.29, 0.717) is 17.7 Å². The minimum atomic E-state index is -1.34. The highest BCUT2D eigenvalue weighted by atomic mass is 79.9. The molecule has 1 atom stereocenters. The molecule has 0 saturated heterocycles. The molecular formula is C19H24BrNO3. The van der Waals surface area contributed by atoms with Crippen LogP contribution in [0.15, 0.2) is 34.8 Å². The van der Waals surface area contributed by atoms with Crippen LogP contribution < -0.4 is 5.32 Å². The molecule has 1 fully saturated rings. The lowest BCUT2D eigenvalue weighted by atomic mass is 9.59. The lowest BCUT2D eigenvalue weighted by Gasteiger charge is -2.44. The molecular weight excluding hydrogens is 370 g/mol. The van der Waals surface area contributed by atoms with E-state index in [-0.39, 0.29) is 11.3 Å². The van der Waals surface area contributed by atoms with Crippen LogP contribution in [-0.4, -0.2) is 19.0 Å². The number of carbonyl (C=O) groups is 2. The zero-order chi connectivity index (χ0) is 18.1. The summed E-state index contributed by atoms with van der Waals surface area (Å²) in [7, 11) is 1.32. The van der Waals surface area contributed by atoms with Crippen LogP contribution in [-0.2, 0) is 14.3 Å². The molecule has 0 unspecified atom stereocenters. The molecule has 1 saturated carbocycles. The van der Waals surface area contributed by atoms with Crippen LogP contribution in [0.1, 0.15) is 38.7 Å². The number of aryl methyl sites for hydroxylation is 1. The quantitative estimate of drug-likeness (QED) is 0.462. The molecule has 0 aliphatic heterocycles. The molecule has 1 N–H and O–H groups in total. The van der Waals surface area contributed by atoms with Gasteiger partial charge in [0.05, 0.1) is 7.11 Å². The van der Waals surface area contributed by atoms with E-state index in [1.165, 1.54) is 7.11 Å². The summed E-state index contributed by atoms with van der Waals surface area (Å²) in [5.74, 6) is -0.898. The molecule has 0 aromatic heterocycles. The molecule has 130 valence electrons. The SMILES string of the molecule is C=C1C(C)(C)CCC[C@@]1(C(=O)Nc1ccc(Br)cc1C)C(=O)OC. The Morgan fingerprint density at radius 1 is 1.29 bits per heavy atom. The summed E-state index contributed by atoms with van der Waals surface area (Å²) in [6.07, 6.45) is 2.09. The molecule has 0 spiro atoms. The third-order valence-electron chi connectivity index (χ3n) is 5.04. The number of esters is 1. The predicted molar refractivity (Wildman–Crippen MR) is 98.7 cm³/mol. The number of ether oxygens (including phenoxy) is 1. The molecule has 4 nitrogen and oxygen atoms in total. The van der Waals surface area contributed by atoms with Gasteiger partial charge in [0, 0.05) is 10.2 Å². The summed E-state index contributed by atoms with van der Waals surface area (Å²) in [4.78, 5) is 25.7. The van der Waals surface area contributed by atoms with E-state index >= 15 is 0 Å². The predicted octanol–water partition coefficient (Wildman–Crippen LogP) is 4.62. The van der Waals surface area contributed by atoms with E-state index in [1.54, 1.807) is 0 Å². The fraction of sp³-hybridized carbons (Fsp3) is 0.474. The Morgan fingerprint density at radius 3 is 2.54 bits per heavy atom. The maximum atomic E-state index is 13.1. The number of hydrogen-bond acceptors (Lipinski definition) is 3. The largest absolute Gasteiger partial charge is 0.468 e. The standard InChI is InChI=1S/C19H24BrNO3/c1-12-11-14(20)7-8-15(12)21-16(22)19(17(23)24-5)10-6-9-18(3,4)13(19)2/h7-8,11H,2,6,9-10H2,1,3-5H3,(H,21,22)/t19-/m1/s1. The van der Waals surface area contributed by atoms with Crippen molar-refractivity contribution in [3.05, 3.63) is 40.4 Å². The molecule has 24 heavy (non-hydrogen) atoms. The molecule has 1 aromatic rings. The van der Waals surface area contributed by atoms with Crippen molar-refractivity contribution in [2.24, 2.45) is 10.8 Å². The number of carbonyl (C=O) groups excluding carboxylic acids is 2. The van der Waals surface area contributed by atoms with Gasteiger partial charge in [-0.3, -0.25) is 9.59 Å². The molecule has 1 aliphatic carbocycles. The average Bonchev–Trinajstić information content (AvgIpc) is 2.52. The summed E-state index contributed by atoms with van der Waals surface area (Å²) >= 11 is 3.41. The van der Waals surface area contributed by atoms with Gasteiger partial charge in [-0.15, -0.1) is 0 Å². The van der Waals surface area contributed by atoms with Gasteiger partial charge in [0.1, 0.15) is 0 Å². The van der Waals surface area contributed by atoms with Gasteiger partial charge < -0.3 is 10.1 Å². The molecule has 0 bridgehead atoms. The van der Waals surface area contributed by atoms with Crippen LogP contribution >= 0.6 is 15.9 Å². The maximum absolute atomic E-state index is 13.1. The van der Waals surface area contributed by atoms with Gasteiger partial charge in [-0.2, -0.15) is 0 Å². The number of amides is 1. The molecule has 1 amide bonds.